The minimum absolute atomic E-state index is 0.105. The Morgan fingerprint density at radius 1 is 1.19 bits per heavy atom. The minimum atomic E-state index is 0.105. The number of nitrogens with zero attached hydrogens (tertiary/aromatic N) is 2. The zero-order valence-electron chi connectivity index (χ0n) is 14.2. The Morgan fingerprint density at radius 3 is 2.57 bits per heavy atom. The van der Waals surface area contributed by atoms with E-state index in [2.05, 4.69) is 36.0 Å². The molecule has 3 N–H and O–H groups in total. The summed E-state index contributed by atoms with van der Waals surface area (Å²) in [5.74, 6) is 1.44. The van der Waals surface area contributed by atoms with Gasteiger partial charge in [0.25, 0.3) is 0 Å². The zero-order chi connectivity index (χ0) is 15.3. The van der Waals surface area contributed by atoms with E-state index in [0.29, 0.717) is 12.0 Å². The van der Waals surface area contributed by atoms with Gasteiger partial charge in [-0.15, -0.1) is 0 Å². The van der Waals surface area contributed by atoms with Crippen molar-refractivity contribution in [3.05, 3.63) is 0 Å². The van der Waals surface area contributed by atoms with Gasteiger partial charge in [-0.2, -0.15) is 0 Å². The molecule has 1 aliphatic heterocycles. The van der Waals surface area contributed by atoms with Crippen LogP contribution in [0.25, 0.3) is 0 Å². The smallest absolute Gasteiger partial charge is 0.188 e. The lowest BCUT2D eigenvalue weighted by molar-refractivity contribution is 0.0774. The van der Waals surface area contributed by atoms with Crippen LogP contribution < -0.4 is 11.1 Å². The number of hydrogen-bond acceptors (Lipinski definition) is 2. The Bertz CT molecular complexity index is 345. The molecule has 2 aliphatic rings. The maximum absolute atomic E-state index is 6.09. The highest BCUT2D eigenvalue weighted by atomic mass is 15.2. The first-order valence-corrected chi connectivity index (χ1v) is 8.79. The highest BCUT2D eigenvalue weighted by Gasteiger charge is 2.30. The lowest BCUT2D eigenvalue weighted by atomic mass is 9.93. The molecule has 122 valence electrons. The fraction of sp³-hybridized carbons (Fsp3) is 0.941. The molecule has 1 saturated heterocycles. The minimum Gasteiger partial charge on any atom is -0.370 e. The number of nitrogens with two attached hydrogens (primary N) is 1. The monoisotopic (exact) mass is 294 g/mol. The fourth-order valence-electron chi connectivity index (χ4n) is 3.62. The van der Waals surface area contributed by atoms with E-state index in [1.165, 1.54) is 58.0 Å². The van der Waals surface area contributed by atoms with Gasteiger partial charge in [0, 0.05) is 18.1 Å². The number of hydrogen-bond donors (Lipinski definition) is 2. The summed E-state index contributed by atoms with van der Waals surface area (Å²) in [6.07, 6.45) is 9.16. The normalized spacial score (nSPS) is 26.8. The Kier molecular flexibility index (Phi) is 5.91. The van der Waals surface area contributed by atoms with Gasteiger partial charge in [0.1, 0.15) is 0 Å². The van der Waals surface area contributed by atoms with Crippen LogP contribution in [0.15, 0.2) is 4.99 Å². The molecule has 0 radical (unpaired) electrons. The summed E-state index contributed by atoms with van der Waals surface area (Å²) in [7, 11) is 0. The number of aliphatic imine (C=N–C) groups is 1. The molecule has 4 heteroatoms. The molecule has 1 aliphatic carbocycles. The quantitative estimate of drug-likeness (QED) is 0.619. The molecule has 2 rings (SSSR count). The van der Waals surface area contributed by atoms with Crippen LogP contribution in [-0.2, 0) is 0 Å². The molecule has 21 heavy (non-hydrogen) atoms. The van der Waals surface area contributed by atoms with Crippen LogP contribution in [0, 0.1) is 5.92 Å². The highest BCUT2D eigenvalue weighted by Crippen LogP contribution is 2.24. The van der Waals surface area contributed by atoms with Crippen molar-refractivity contribution in [1.29, 1.82) is 0 Å². The third-order valence-corrected chi connectivity index (χ3v) is 5.11. The second-order valence-electron chi connectivity index (χ2n) is 7.69. The van der Waals surface area contributed by atoms with Gasteiger partial charge in [-0.3, -0.25) is 9.89 Å². The summed E-state index contributed by atoms with van der Waals surface area (Å²) >= 11 is 0. The average Bonchev–Trinajstić information content (AvgIpc) is 2.46. The summed E-state index contributed by atoms with van der Waals surface area (Å²) in [6, 6.07) is 0.542. The topological polar surface area (TPSA) is 53.6 Å². The highest BCUT2D eigenvalue weighted by molar-refractivity contribution is 5.78. The largest absolute Gasteiger partial charge is 0.370 e. The molecule has 1 atom stereocenters. The zero-order valence-corrected chi connectivity index (χ0v) is 14.2. The first kappa shape index (κ1) is 16.6. The van der Waals surface area contributed by atoms with Crippen molar-refractivity contribution in [3.63, 3.8) is 0 Å². The van der Waals surface area contributed by atoms with Crippen molar-refractivity contribution in [2.24, 2.45) is 16.6 Å². The molecule has 0 amide bonds. The Hall–Kier alpha value is -0.770. The van der Waals surface area contributed by atoms with E-state index in [9.17, 15) is 0 Å². The first-order chi connectivity index (χ1) is 9.97. The van der Waals surface area contributed by atoms with Crippen molar-refractivity contribution in [3.8, 4) is 0 Å². The molecule has 0 bridgehead atoms. The van der Waals surface area contributed by atoms with Crippen LogP contribution in [0.4, 0.5) is 0 Å². The Labute approximate surface area is 130 Å². The van der Waals surface area contributed by atoms with Crippen LogP contribution in [0.2, 0.25) is 0 Å². The molecule has 2 fully saturated rings. The number of nitrogens with one attached hydrogen (secondary N) is 1. The third kappa shape index (κ3) is 5.17. The van der Waals surface area contributed by atoms with Gasteiger partial charge in [-0.25, -0.2) is 0 Å². The van der Waals surface area contributed by atoms with Crippen LogP contribution >= 0.6 is 0 Å². The average molecular weight is 294 g/mol. The first-order valence-electron chi connectivity index (χ1n) is 8.79. The summed E-state index contributed by atoms with van der Waals surface area (Å²) < 4.78 is 0. The molecular formula is C17H34N4. The van der Waals surface area contributed by atoms with Gasteiger partial charge in [-0.1, -0.05) is 26.2 Å². The van der Waals surface area contributed by atoms with E-state index in [0.717, 1.165) is 12.5 Å². The Balaban J connectivity index is 1.82. The summed E-state index contributed by atoms with van der Waals surface area (Å²) in [6.45, 7) is 10.1. The second kappa shape index (κ2) is 7.48. The number of guanidine groups is 1. The van der Waals surface area contributed by atoms with Crippen LogP contribution in [-0.4, -0.2) is 42.1 Å². The number of piperidine rings is 1. The van der Waals surface area contributed by atoms with Crippen LogP contribution in [0.5, 0.6) is 0 Å². The molecule has 0 aromatic heterocycles. The van der Waals surface area contributed by atoms with E-state index >= 15 is 0 Å². The molecule has 1 saturated carbocycles. The van der Waals surface area contributed by atoms with Crippen molar-refractivity contribution in [2.45, 2.75) is 77.3 Å². The Morgan fingerprint density at radius 2 is 1.90 bits per heavy atom. The van der Waals surface area contributed by atoms with E-state index < -0.39 is 0 Å². The number of likely N-dealkylation sites (tertiary alicyclic amines) is 1. The standard InChI is InChI=1S/C17H34N4/c1-14-8-7-11-21(12-14)17(2,3)13-19-16(18)20-15-9-5-4-6-10-15/h14-15H,4-13H2,1-3H3,(H3,18,19,20). The van der Waals surface area contributed by atoms with Gasteiger partial charge in [0.05, 0.1) is 6.54 Å². The fourth-order valence-corrected chi connectivity index (χ4v) is 3.62. The van der Waals surface area contributed by atoms with E-state index in [-0.39, 0.29) is 5.54 Å². The lowest BCUT2D eigenvalue weighted by Gasteiger charge is -2.42. The van der Waals surface area contributed by atoms with E-state index in [1.54, 1.807) is 0 Å². The van der Waals surface area contributed by atoms with Gasteiger partial charge in [0.15, 0.2) is 5.96 Å². The molecule has 1 heterocycles. The maximum Gasteiger partial charge on any atom is 0.188 e. The summed E-state index contributed by atoms with van der Waals surface area (Å²) in [5, 5.41) is 3.41. The van der Waals surface area contributed by atoms with Crippen LogP contribution in [0.1, 0.15) is 65.7 Å². The van der Waals surface area contributed by atoms with Gasteiger partial charge < -0.3 is 11.1 Å². The van der Waals surface area contributed by atoms with E-state index in [4.69, 9.17) is 5.73 Å². The van der Waals surface area contributed by atoms with Crippen molar-refractivity contribution < 1.29 is 0 Å². The van der Waals surface area contributed by atoms with E-state index in [1.807, 2.05) is 0 Å². The van der Waals surface area contributed by atoms with Crippen molar-refractivity contribution in [1.82, 2.24) is 10.2 Å². The molecule has 1 unspecified atom stereocenters. The van der Waals surface area contributed by atoms with Gasteiger partial charge in [-0.05, 0) is 52.0 Å². The SMILES string of the molecule is CC1CCCN(C(C)(C)CN=C(N)NC2CCCCC2)C1. The molecule has 0 aromatic rings. The lowest BCUT2D eigenvalue weighted by Crippen LogP contribution is -2.51. The molecule has 4 nitrogen and oxygen atoms in total. The van der Waals surface area contributed by atoms with Crippen molar-refractivity contribution >= 4 is 5.96 Å². The summed E-state index contributed by atoms with van der Waals surface area (Å²) in [4.78, 5) is 7.21. The summed E-state index contributed by atoms with van der Waals surface area (Å²) in [5.41, 5.74) is 6.19. The molecule has 0 aromatic carbocycles. The molecule has 0 spiro atoms. The number of rotatable bonds is 4. The maximum atomic E-state index is 6.09. The predicted octanol–water partition coefficient (Wildman–Crippen LogP) is 2.73. The predicted molar refractivity (Wildman–Crippen MR) is 90.5 cm³/mol. The molecular weight excluding hydrogens is 260 g/mol. The van der Waals surface area contributed by atoms with Gasteiger partial charge >= 0.3 is 0 Å². The van der Waals surface area contributed by atoms with Gasteiger partial charge in [0.2, 0.25) is 0 Å². The van der Waals surface area contributed by atoms with Crippen LogP contribution in [0.3, 0.4) is 0 Å². The van der Waals surface area contributed by atoms with Crippen molar-refractivity contribution in [2.75, 3.05) is 19.6 Å². The third-order valence-electron chi connectivity index (χ3n) is 5.11. The second-order valence-corrected chi connectivity index (χ2v) is 7.69.